The number of hydrogen-bond donors (Lipinski definition) is 0. The quantitative estimate of drug-likeness (QED) is 0.0745. The third kappa shape index (κ3) is 15.8. The van der Waals surface area contributed by atoms with Gasteiger partial charge in [0.15, 0.2) is 0 Å². The van der Waals surface area contributed by atoms with Gasteiger partial charge in [0.25, 0.3) is 0 Å². The second-order valence-electron chi connectivity index (χ2n) is 12.5. The van der Waals surface area contributed by atoms with Gasteiger partial charge in [-0.05, 0) is 104 Å². The molecule has 0 saturated carbocycles. The minimum absolute atomic E-state index is 0.841. The number of hydrogen-bond acceptors (Lipinski definition) is 1. The summed E-state index contributed by atoms with van der Waals surface area (Å²) in [6, 6.07) is 27.9. The lowest BCUT2D eigenvalue weighted by molar-refractivity contribution is 0.664. The van der Waals surface area contributed by atoms with Gasteiger partial charge in [-0.1, -0.05) is 200 Å². The number of allylic oxidation sites excluding steroid dienone is 10. The molecular weight excluding hydrogens is 677 g/mol. The molecule has 56 heavy (non-hydrogen) atoms. The zero-order valence-electron chi connectivity index (χ0n) is 36.6. The summed E-state index contributed by atoms with van der Waals surface area (Å²) in [7, 11) is 0. The van der Waals surface area contributed by atoms with Crippen LogP contribution in [0.4, 0.5) is 0 Å². The van der Waals surface area contributed by atoms with Crippen LogP contribution in [0.3, 0.4) is 0 Å². The van der Waals surface area contributed by atoms with Crippen LogP contribution in [0, 0.1) is 18.8 Å². The molecule has 296 valence electrons. The molecule has 1 heteroatoms. The zero-order chi connectivity index (χ0) is 41.6. The van der Waals surface area contributed by atoms with E-state index >= 15 is 0 Å². The normalized spacial score (nSPS) is 10.9. The van der Waals surface area contributed by atoms with E-state index in [0.717, 1.165) is 49.7 Å². The van der Waals surface area contributed by atoms with E-state index in [9.17, 15) is 0 Å². The maximum Gasteiger partial charge on any atom is 0.138 e. The molecule has 1 heterocycles. The van der Waals surface area contributed by atoms with Gasteiger partial charge in [-0.3, -0.25) is 0 Å². The maximum absolute atomic E-state index is 6.13. The first-order valence-electron chi connectivity index (χ1n) is 20.8. The summed E-state index contributed by atoms with van der Waals surface area (Å²) in [4.78, 5) is 0. The SMILES string of the molecule is C/C=C(\C=C/Cc1cccc2c1oc1ccccc12)c1ccc(CC)cc1.C/C=C\C=C/C.C=Cc1c(C)ccc(CC#CC/C=C\C)c1CCC.CC.CC. The first kappa shape index (κ1) is 48.7. The van der Waals surface area contributed by atoms with Crippen molar-refractivity contribution in [2.75, 3.05) is 0 Å². The van der Waals surface area contributed by atoms with Crippen molar-refractivity contribution < 1.29 is 4.42 Å². The zero-order valence-corrected chi connectivity index (χ0v) is 36.6. The van der Waals surface area contributed by atoms with Crippen molar-refractivity contribution in [1.82, 2.24) is 0 Å². The summed E-state index contributed by atoms with van der Waals surface area (Å²) < 4.78 is 6.13. The molecule has 4 aromatic carbocycles. The monoisotopic (exact) mass is 747 g/mol. The van der Waals surface area contributed by atoms with E-state index in [0.29, 0.717) is 0 Å². The van der Waals surface area contributed by atoms with E-state index in [-0.39, 0.29) is 0 Å². The molecule has 0 fully saturated rings. The Morgan fingerprint density at radius 2 is 1.39 bits per heavy atom. The van der Waals surface area contributed by atoms with Gasteiger partial charge in [0.05, 0.1) is 0 Å². The molecule has 0 spiro atoms. The Morgan fingerprint density at radius 1 is 0.714 bits per heavy atom. The molecule has 5 aromatic rings. The summed E-state index contributed by atoms with van der Waals surface area (Å²) in [5.74, 6) is 6.46. The van der Waals surface area contributed by atoms with Gasteiger partial charge in [0.2, 0.25) is 0 Å². The fourth-order valence-corrected chi connectivity index (χ4v) is 6.02. The molecule has 0 aliphatic rings. The molecular formula is C55H70O. The highest BCUT2D eigenvalue weighted by atomic mass is 16.3. The first-order valence-corrected chi connectivity index (χ1v) is 20.8. The minimum atomic E-state index is 0.841. The standard InChI is InChI=1S/C26H24O.C19H24.C6H10.2C2H6/c1-3-19-15-17-21(18-16-19)20(4-2)9-7-10-22-11-8-13-24-23-12-5-6-14-25(23)27-26(22)24;1-5-8-9-10-11-13-17-15-14-16(4)18(7-3)19(17)12-6-2;1-3-5-6-4-2;2*1-2/h4-9,11-18H,3,10H2,1-2H3;5,7-8,14-15H,3,6,9,12-13H2,1-2,4H3;3-6H,1-2H3;2*1-2H3/b9-7-,20-4+;8-5-;5-3-,6-4-;;. The molecule has 0 bridgehead atoms. The van der Waals surface area contributed by atoms with Gasteiger partial charge >= 0.3 is 0 Å². The van der Waals surface area contributed by atoms with Crippen molar-refractivity contribution in [2.45, 2.75) is 115 Å². The van der Waals surface area contributed by atoms with E-state index in [2.05, 4.69) is 137 Å². The molecule has 0 aliphatic heterocycles. The molecule has 0 aliphatic carbocycles. The topological polar surface area (TPSA) is 13.1 Å². The number of furan rings is 1. The van der Waals surface area contributed by atoms with Crippen LogP contribution in [0.5, 0.6) is 0 Å². The Hall–Kier alpha value is -5.32. The Bertz CT molecular complexity index is 2050. The lowest BCUT2D eigenvalue weighted by Crippen LogP contribution is -1.99. The summed E-state index contributed by atoms with van der Waals surface area (Å²) in [6.07, 6.45) is 26.6. The lowest BCUT2D eigenvalue weighted by Gasteiger charge is -2.13. The molecule has 0 unspecified atom stereocenters. The van der Waals surface area contributed by atoms with Gasteiger partial charge in [0.1, 0.15) is 11.2 Å². The predicted octanol–water partition coefficient (Wildman–Crippen LogP) is 16.6. The number of rotatable bonds is 11. The van der Waals surface area contributed by atoms with Crippen LogP contribution in [0.25, 0.3) is 33.6 Å². The average molecular weight is 747 g/mol. The van der Waals surface area contributed by atoms with Gasteiger partial charge in [-0.25, -0.2) is 0 Å². The van der Waals surface area contributed by atoms with Gasteiger partial charge in [0, 0.05) is 23.6 Å². The highest BCUT2D eigenvalue weighted by molar-refractivity contribution is 6.05. The highest BCUT2D eigenvalue weighted by Crippen LogP contribution is 2.31. The highest BCUT2D eigenvalue weighted by Gasteiger charge is 2.10. The number of aryl methyl sites for hydroxylation is 2. The number of fused-ring (bicyclic) bond motifs is 3. The fraction of sp³-hybridized carbons (Fsp3) is 0.309. The Morgan fingerprint density at radius 3 is 2.00 bits per heavy atom. The van der Waals surface area contributed by atoms with Crippen molar-refractivity contribution in [3.63, 3.8) is 0 Å². The Kier molecular flexibility index (Phi) is 26.1. The third-order valence-electron chi connectivity index (χ3n) is 8.86. The van der Waals surface area contributed by atoms with E-state index in [1.807, 2.05) is 97.1 Å². The fourth-order valence-electron chi connectivity index (χ4n) is 6.02. The smallest absolute Gasteiger partial charge is 0.138 e. The van der Waals surface area contributed by atoms with Crippen molar-refractivity contribution >= 4 is 33.6 Å². The van der Waals surface area contributed by atoms with Crippen molar-refractivity contribution in [2.24, 2.45) is 0 Å². The van der Waals surface area contributed by atoms with Crippen LogP contribution >= 0.6 is 0 Å². The summed E-state index contributed by atoms with van der Waals surface area (Å²) in [5, 5.41) is 2.38. The van der Waals surface area contributed by atoms with Gasteiger partial charge in [-0.2, -0.15) is 0 Å². The van der Waals surface area contributed by atoms with Crippen LogP contribution in [-0.4, -0.2) is 0 Å². The van der Waals surface area contributed by atoms with E-state index in [1.54, 1.807) is 0 Å². The summed E-state index contributed by atoms with van der Waals surface area (Å²) >= 11 is 0. The first-order chi connectivity index (χ1) is 27.5. The molecule has 0 radical (unpaired) electrons. The van der Waals surface area contributed by atoms with Crippen LogP contribution < -0.4 is 0 Å². The van der Waals surface area contributed by atoms with Gasteiger partial charge in [-0.15, -0.1) is 0 Å². The van der Waals surface area contributed by atoms with Crippen molar-refractivity contribution in [3.05, 3.63) is 179 Å². The average Bonchev–Trinajstić information content (AvgIpc) is 3.64. The van der Waals surface area contributed by atoms with Crippen LogP contribution in [0.15, 0.2) is 145 Å². The predicted molar refractivity (Wildman–Crippen MR) is 255 cm³/mol. The Balaban J connectivity index is 0.000000472. The summed E-state index contributed by atoms with van der Waals surface area (Å²) in [5.41, 5.74) is 12.4. The molecule has 1 nitrogen and oxygen atoms in total. The number of para-hydroxylation sites is 2. The molecule has 0 amide bonds. The lowest BCUT2D eigenvalue weighted by atomic mass is 9.92. The summed E-state index contributed by atoms with van der Waals surface area (Å²) in [6.45, 7) is 26.6. The largest absolute Gasteiger partial charge is 0.456 e. The Labute approximate surface area is 342 Å². The van der Waals surface area contributed by atoms with Crippen LogP contribution in [-0.2, 0) is 25.7 Å². The van der Waals surface area contributed by atoms with Crippen molar-refractivity contribution in [1.29, 1.82) is 0 Å². The number of benzene rings is 4. The van der Waals surface area contributed by atoms with Crippen LogP contribution in [0.2, 0.25) is 0 Å². The van der Waals surface area contributed by atoms with E-state index < -0.39 is 0 Å². The molecule has 0 atom stereocenters. The third-order valence-corrected chi connectivity index (χ3v) is 8.86. The van der Waals surface area contributed by atoms with Crippen molar-refractivity contribution in [3.8, 4) is 11.8 Å². The van der Waals surface area contributed by atoms with E-state index in [4.69, 9.17) is 4.42 Å². The maximum atomic E-state index is 6.13. The molecule has 1 aromatic heterocycles. The van der Waals surface area contributed by atoms with Gasteiger partial charge < -0.3 is 4.42 Å². The second-order valence-corrected chi connectivity index (χ2v) is 12.5. The molecule has 5 rings (SSSR count). The minimum Gasteiger partial charge on any atom is -0.456 e. The molecule has 0 N–H and O–H groups in total. The second kappa shape index (κ2) is 30.0. The van der Waals surface area contributed by atoms with Crippen LogP contribution in [0.1, 0.15) is 121 Å². The molecule has 0 saturated heterocycles. The van der Waals surface area contributed by atoms with E-state index in [1.165, 1.54) is 55.3 Å².